The summed E-state index contributed by atoms with van der Waals surface area (Å²) < 4.78 is 13.7. The molecule has 2 aromatic carbocycles. The Morgan fingerprint density at radius 1 is 1.26 bits per heavy atom. The van der Waals surface area contributed by atoms with Gasteiger partial charge in [-0.25, -0.2) is 4.39 Å². The molecule has 0 spiro atoms. The predicted molar refractivity (Wildman–Crippen MR) is 82.9 cm³/mol. The van der Waals surface area contributed by atoms with Crippen molar-refractivity contribution >= 4 is 51.5 Å². The van der Waals surface area contributed by atoms with Crippen molar-refractivity contribution in [3.63, 3.8) is 0 Å². The standard InChI is InChI=1S/C13H9ClFIN2O/c14-7-1-3-10(16)9(5-7)13(19)18-12-4-2-8(15)6-11(12)17/h1-6H,17H2,(H,18,19). The van der Waals surface area contributed by atoms with Gasteiger partial charge in [0.25, 0.3) is 5.91 Å². The molecule has 0 heterocycles. The molecule has 1 amide bonds. The van der Waals surface area contributed by atoms with Gasteiger partial charge in [0.2, 0.25) is 0 Å². The number of amides is 1. The van der Waals surface area contributed by atoms with Crippen molar-refractivity contribution in [1.82, 2.24) is 0 Å². The monoisotopic (exact) mass is 390 g/mol. The van der Waals surface area contributed by atoms with E-state index in [0.717, 1.165) is 9.64 Å². The van der Waals surface area contributed by atoms with Crippen LogP contribution in [-0.4, -0.2) is 5.91 Å². The highest BCUT2D eigenvalue weighted by atomic mass is 127. The van der Waals surface area contributed by atoms with Crippen LogP contribution in [0.3, 0.4) is 0 Å². The van der Waals surface area contributed by atoms with Crippen molar-refractivity contribution in [3.05, 3.63) is 56.4 Å². The zero-order valence-electron chi connectivity index (χ0n) is 9.58. The van der Waals surface area contributed by atoms with Gasteiger partial charge in [0.1, 0.15) is 5.82 Å². The van der Waals surface area contributed by atoms with E-state index in [1.54, 1.807) is 18.2 Å². The number of nitrogens with two attached hydrogens (primary N) is 1. The Labute approximate surface area is 128 Å². The van der Waals surface area contributed by atoms with Crippen LogP contribution in [0.4, 0.5) is 15.8 Å². The smallest absolute Gasteiger partial charge is 0.256 e. The molecule has 0 aliphatic carbocycles. The van der Waals surface area contributed by atoms with Crippen LogP contribution < -0.4 is 11.1 Å². The summed E-state index contributed by atoms with van der Waals surface area (Å²) in [7, 11) is 0. The molecule has 0 aromatic heterocycles. The molecule has 0 fully saturated rings. The molecule has 0 radical (unpaired) electrons. The quantitative estimate of drug-likeness (QED) is 0.603. The number of anilines is 2. The molecular weight excluding hydrogens is 382 g/mol. The second kappa shape index (κ2) is 5.75. The van der Waals surface area contributed by atoms with Gasteiger partial charge in [-0.1, -0.05) is 11.6 Å². The van der Waals surface area contributed by atoms with Crippen LogP contribution in [0.15, 0.2) is 36.4 Å². The highest BCUT2D eigenvalue weighted by Crippen LogP contribution is 2.22. The fourth-order valence-electron chi connectivity index (χ4n) is 1.51. The average molecular weight is 391 g/mol. The second-order valence-corrected chi connectivity index (χ2v) is 5.41. The molecule has 19 heavy (non-hydrogen) atoms. The molecule has 0 unspecified atom stereocenters. The van der Waals surface area contributed by atoms with Crippen LogP contribution in [0, 0.1) is 9.39 Å². The highest BCUT2D eigenvalue weighted by molar-refractivity contribution is 14.1. The molecule has 3 nitrogen and oxygen atoms in total. The number of halogens is 3. The first-order valence-electron chi connectivity index (χ1n) is 5.29. The number of carbonyl (C=O) groups is 1. The maximum Gasteiger partial charge on any atom is 0.256 e. The van der Waals surface area contributed by atoms with Crippen LogP contribution >= 0.6 is 34.2 Å². The van der Waals surface area contributed by atoms with Gasteiger partial charge < -0.3 is 11.1 Å². The molecule has 0 aliphatic rings. The summed E-state index contributed by atoms with van der Waals surface area (Å²) >= 11 is 7.90. The van der Waals surface area contributed by atoms with E-state index in [4.69, 9.17) is 17.3 Å². The van der Waals surface area contributed by atoms with Gasteiger partial charge in [0.05, 0.1) is 16.9 Å². The fraction of sp³-hybridized carbons (Fsp3) is 0. The van der Waals surface area contributed by atoms with E-state index in [1.165, 1.54) is 12.1 Å². The van der Waals surface area contributed by atoms with E-state index in [1.807, 2.05) is 22.6 Å². The normalized spacial score (nSPS) is 10.3. The molecule has 2 rings (SSSR count). The van der Waals surface area contributed by atoms with Crippen molar-refractivity contribution in [3.8, 4) is 0 Å². The molecule has 98 valence electrons. The van der Waals surface area contributed by atoms with E-state index in [9.17, 15) is 9.18 Å². The van der Waals surface area contributed by atoms with Gasteiger partial charge in [0.15, 0.2) is 0 Å². The summed E-state index contributed by atoms with van der Waals surface area (Å²) in [5.41, 5.74) is 6.61. The fourth-order valence-corrected chi connectivity index (χ4v) is 2.26. The van der Waals surface area contributed by atoms with Gasteiger partial charge in [-0.2, -0.15) is 0 Å². The predicted octanol–water partition coefficient (Wildman–Crippen LogP) is 3.92. The van der Waals surface area contributed by atoms with Gasteiger partial charge >= 0.3 is 0 Å². The van der Waals surface area contributed by atoms with Gasteiger partial charge in [-0.15, -0.1) is 0 Å². The minimum atomic E-state index is -0.451. The number of benzene rings is 2. The minimum absolute atomic E-state index is 0.172. The molecule has 0 atom stereocenters. The van der Waals surface area contributed by atoms with Gasteiger partial charge in [0, 0.05) is 8.59 Å². The molecule has 6 heteroatoms. The molecule has 0 bridgehead atoms. The summed E-state index contributed by atoms with van der Waals surface area (Å²) in [4.78, 5) is 12.1. The van der Waals surface area contributed by atoms with E-state index >= 15 is 0 Å². The summed E-state index contributed by atoms with van der Waals surface area (Å²) in [5.74, 6) is -0.793. The molecule has 2 aromatic rings. The van der Waals surface area contributed by atoms with Crippen molar-refractivity contribution in [1.29, 1.82) is 0 Å². The maximum absolute atomic E-state index is 12.9. The Morgan fingerprint density at radius 3 is 2.68 bits per heavy atom. The number of hydrogen-bond donors (Lipinski definition) is 2. The van der Waals surface area contributed by atoms with Crippen LogP contribution in [-0.2, 0) is 0 Å². The first kappa shape index (κ1) is 14.1. The SMILES string of the molecule is Nc1cc(F)ccc1NC(=O)c1cc(Cl)ccc1I. The highest BCUT2D eigenvalue weighted by Gasteiger charge is 2.12. The van der Waals surface area contributed by atoms with Crippen LogP contribution in [0.25, 0.3) is 0 Å². The lowest BCUT2D eigenvalue weighted by Gasteiger charge is -2.09. The molecule has 0 saturated heterocycles. The summed E-state index contributed by atoms with van der Waals surface area (Å²) in [5, 5.41) is 3.10. The van der Waals surface area contributed by atoms with Gasteiger partial charge in [-0.3, -0.25) is 4.79 Å². The summed E-state index contributed by atoms with van der Waals surface area (Å²) in [6.07, 6.45) is 0. The van der Waals surface area contributed by atoms with Gasteiger partial charge in [-0.05, 0) is 59.0 Å². The molecule has 3 N–H and O–H groups in total. The number of nitrogen functional groups attached to an aromatic ring is 1. The Hall–Kier alpha value is -1.34. The van der Waals surface area contributed by atoms with E-state index in [-0.39, 0.29) is 11.6 Å². The molecule has 0 aliphatic heterocycles. The Balaban J connectivity index is 2.28. The second-order valence-electron chi connectivity index (χ2n) is 3.81. The third-order valence-corrected chi connectivity index (χ3v) is 3.61. The lowest BCUT2D eigenvalue weighted by Crippen LogP contribution is -2.14. The van der Waals surface area contributed by atoms with E-state index < -0.39 is 5.82 Å². The summed E-state index contributed by atoms with van der Waals surface area (Å²) in [6.45, 7) is 0. The molecule has 0 saturated carbocycles. The Bertz CT molecular complexity index is 649. The Morgan fingerprint density at radius 2 is 2.00 bits per heavy atom. The number of hydrogen-bond acceptors (Lipinski definition) is 2. The maximum atomic E-state index is 12.9. The van der Waals surface area contributed by atoms with Crippen molar-refractivity contribution in [2.24, 2.45) is 0 Å². The minimum Gasteiger partial charge on any atom is -0.397 e. The number of carbonyl (C=O) groups excluding carboxylic acids is 1. The lowest BCUT2D eigenvalue weighted by atomic mass is 10.2. The zero-order chi connectivity index (χ0) is 14.0. The number of rotatable bonds is 2. The van der Waals surface area contributed by atoms with E-state index in [2.05, 4.69) is 5.32 Å². The Kier molecular flexibility index (Phi) is 4.26. The zero-order valence-corrected chi connectivity index (χ0v) is 12.5. The lowest BCUT2D eigenvalue weighted by molar-refractivity contribution is 0.102. The van der Waals surface area contributed by atoms with Crippen molar-refractivity contribution in [2.75, 3.05) is 11.1 Å². The molecular formula is C13H9ClFIN2O. The van der Waals surface area contributed by atoms with Crippen LogP contribution in [0.1, 0.15) is 10.4 Å². The average Bonchev–Trinajstić information content (AvgIpc) is 2.35. The van der Waals surface area contributed by atoms with Crippen LogP contribution in [0.2, 0.25) is 5.02 Å². The number of nitrogens with one attached hydrogen (secondary N) is 1. The van der Waals surface area contributed by atoms with Crippen molar-refractivity contribution < 1.29 is 9.18 Å². The van der Waals surface area contributed by atoms with Crippen molar-refractivity contribution in [2.45, 2.75) is 0 Å². The first-order valence-corrected chi connectivity index (χ1v) is 6.74. The summed E-state index contributed by atoms with van der Waals surface area (Å²) in [6, 6.07) is 8.81. The van der Waals surface area contributed by atoms with Crippen LogP contribution in [0.5, 0.6) is 0 Å². The third kappa shape index (κ3) is 3.36. The third-order valence-electron chi connectivity index (χ3n) is 2.43. The topological polar surface area (TPSA) is 55.1 Å². The largest absolute Gasteiger partial charge is 0.397 e. The van der Waals surface area contributed by atoms with E-state index in [0.29, 0.717) is 16.3 Å². The first-order chi connectivity index (χ1) is 8.97.